The highest BCUT2D eigenvalue weighted by atomic mass is 16.1. The molecule has 0 aliphatic heterocycles. The van der Waals surface area contributed by atoms with E-state index in [-0.39, 0.29) is 5.78 Å². The third-order valence-electron chi connectivity index (χ3n) is 3.00. The van der Waals surface area contributed by atoms with Gasteiger partial charge in [0.05, 0.1) is 0 Å². The number of benzene rings is 2. The Morgan fingerprint density at radius 2 is 1.55 bits per heavy atom. The van der Waals surface area contributed by atoms with E-state index in [0.717, 1.165) is 0 Å². The third kappa shape index (κ3) is 3.01. The number of carbonyl (C=O) groups is 2. The number of rotatable bonds is 4. The zero-order valence-electron chi connectivity index (χ0n) is 11.2. The number of carbonyl (C=O) groups excluding carboxylic acids is 2. The Morgan fingerprint density at radius 3 is 2.20 bits per heavy atom. The first-order valence-corrected chi connectivity index (χ1v) is 6.26. The minimum atomic E-state index is -0.494. The number of ketones is 1. The number of amides is 1. The second-order valence-electron chi connectivity index (χ2n) is 4.47. The summed E-state index contributed by atoms with van der Waals surface area (Å²) in [5, 5.41) is 0. The topological polar surface area (TPSA) is 60.2 Å². The minimum absolute atomic E-state index is 0.0743. The van der Waals surface area contributed by atoms with Gasteiger partial charge in [0.25, 0.3) is 0 Å². The van der Waals surface area contributed by atoms with Crippen molar-refractivity contribution in [3.63, 3.8) is 0 Å². The maximum absolute atomic E-state index is 12.5. The van der Waals surface area contributed by atoms with Crippen molar-refractivity contribution in [1.29, 1.82) is 0 Å². The molecule has 2 aromatic rings. The molecule has 0 atom stereocenters. The second kappa shape index (κ2) is 5.97. The van der Waals surface area contributed by atoms with Crippen LogP contribution in [0.2, 0.25) is 0 Å². The summed E-state index contributed by atoms with van der Waals surface area (Å²) in [4.78, 5) is 23.6. The lowest BCUT2D eigenvalue weighted by atomic mass is 9.97. The molecule has 3 heteroatoms. The van der Waals surface area contributed by atoms with Crippen molar-refractivity contribution in [2.24, 2.45) is 5.73 Å². The molecule has 3 nitrogen and oxygen atoms in total. The van der Waals surface area contributed by atoms with Gasteiger partial charge in [0.2, 0.25) is 5.91 Å². The lowest BCUT2D eigenvalue weighted by Gasteiger charge is -2.06. The molecule has 0 bridgehead atoms. The molecule has 20 heavy (non-hydrogen) atoms. The summed E-state index contributed by atoms with van der Waals surface area (Å²) in [6.45, 7) is 1.63. The maximum atomic E-state index is 12.5. The molecule has 0 heterocycles. The van der Waals surface area contributed by atoms with Crippen molar-refractivity contribution in [1.82, 2.24) is 0 Å². The molecule has 0 radical (unpaired) electrons. The molecule has 0 spiro atoms. The molecule has 0 aliphatic carbocycles. The molecule has 2 aromatic carbocycles. The molecule has 2 N–H and O–H groups in total. The van der Waals surface area contributed by atoms with E-state index >= 15 is 0 Å². The van der Waals surface area contributed by atoms with Crippen LogP contribution in [0.25, 0.3) is 6.08 Å². The van der Waals surface area contributed by atoms with Crippen LogP contribution in [-0.4, -0.2) is 11.7 Å². The van der Waals surface area contributed by atoms with E-state index in [0.29, 0.717) is 22.3 Å². The summed E-state index contributed by atoms with van der Waals surface area (Å²) in [6.07, 6.45) is 1.64. The van der Waals surface area contributed by atoms with Crippen molar-refractivity contribution in [2.45, 2.75) is 6.92 Å². The van der Waals surface area contributed by atoms with E-state index in [1.54, 1.807) is 43.3 Å². The quantitative estimate of drug-likeness (QED) is 0.682. The number of nitrogens with two attached hydrogens (primary N) is 1. The fraction of sp³-hybridized carbons (Fsp3) is 0.0588. The number of hydrogen-bond donors (Lipinski definition) is 1. The first kappa shape index (κ1) is 13.7. The lowest BCUT2D eigenvalue weighted by molar-refractivity contribution is -0.114. The van der Waals surface area contributed by atoms with E-state index in [1.807, 2.05) is 24.3 Å². The van der Waals surface area contributed by atoms with Gasteiger partial charge in [-0.15, -0.1) is 0 Å². The Labute approximate surface area is 117 Å². The van der Waals surface area contributed by atoms with E-state index in [4.69, 9.17) is 5.73 Å². The van der Waals surface area contributed by atoms with Gasteiger partial charge in [-0.3, -0.25) is 9.59 Å². The third-order valence-corrected chi connectivity index (χ3v) is 3.00. The highest BCUT2D eigenvalue weighted by molar-refractivity contribution is 6.11. The lowest BCUT2D eigenvalue weighted by Crippen LogP contribution is -2.12. The Morgan fingerprint density at radius 1 is 0.950 bits per heavy atom. The molecular formula is C17H15NO2. The van der Waals surface area contributed by atoms with Crippen molar-refractivity contribution >= 4 is 17.8 Å². The van der Waals surface area contributed by atoms with E-state index in [2.05, 4.69) is 0 Å². The van der Waals surface area contributed by atoms with Gasteiger partial charge in [-0.2, -0.15) is 0 Å². The molecule has 0 saturated carbocycles. The minimum Gasteiger partial charge on any atom is -0.366 e. The average molecular weight is 265 g/mol. The van der Waals surface area contributed by atoms with Crippen LogP contribution in [0.3, 0.4) is 0 Å². The molecule has 2 rings (SSSR count). The fourth-order valence-corrected chi connectivity index (χ4v) is 1.88. The standard InChI is InChI=1S/C17H15NO2/c1-12(17(18)20)11-14-9-5-6-10-15(14)16(19)13-7-3-2-4-8-13/h2-11H,1H3,(H2,18,20). The van der Waals surface area contributed by atoms with Crippen molar-refractivity contribution < 1.29 is 9.59 Å². The first-order chi connectivity index (χ1) is 9.59. The van der Waals surface area contributed by atoms with Gasteiger partial charge < -0.3 is 5.73 Å². The predicted octanol–water partition coefficient (Wildman–Crippen LogP) is 2.81. The van der Waals surface area contributed by atoms with Crippen LogP contribution in [0.4, 0.5) is 0 Å². The van der Waals surface area contributed by atoms with E-state index in [1.165, 1.54) is 0 Å². The van der Waals surface area contributed by atoms with Gasteiger partial charge >= 0.3 is 0 Å². The fourth-order valence-electron chi connectivity index (χ4n) is 1.88. The van der Waals surface area contributed by atoms with Crippen LogP contribution >= 0.6 is 0 Å². The summed E-state index contributed by atoms with van der Waals surface area (Å²) in [5.74, 6) is -0.568. The van der Waals surface area contributed by atoms with Gasteiger partial charge in [0.1, 0.15) is 0 Å². The molecular weight excluding hydrogens is 250 g/mol. The molecule has 1 amide bonds. The van der Waals surface area contributed by atoms with E-state index < -0.39 is 5.91 Å². The van der Waals surface area contributed by atoms with Gasteiger partial charge in [0, 0.05) is 16.7 Å². The molecule has 0 unspecified atom stereocenters. The smallest absolute Gasteiger partial charge is 0.244 e. The highest BCUT2D eigenvalue weighted by Crippen LogP contribution is 2.17. The van der Waals surface area contributed by atoms with E-state index in [9.17, 15) is 9.59 Å². The monoisotopic (exact) mass is 265 g/mol. The van der Waals surface area contributed by atoms with Gasteiger partial charge in [-0.25, -0.2) is 0 Å². The van der Waals surface area contributed by atoms with Crippen LogP contribution in [0, 0.1) is 0 Å². The molecule has 0 aromatic heterocycles. The summed E-state index contributed by atoms with van der Waals surface area (Å²) >= 11 is 0. The Kier molecular flexibility index (Phi) is 4.11. The van der Waals surface area contributed by atoms with Crippen molar-refractivity contribution in [3.8, 4) is 0 Å². The molecule has 0 fully saturated rings. The first-order valence-electron chi connectivity index (χ1n) is 6.26. The van der Waals surface area contributed by atoms with Crippen LogP contribution < -0.4 is 5.73 Å². The van der Waals surface area contributed by atoms with Crippen LogP contribution in [0.1, 0.15) is 28.4 Å². The largest absolute Gasteiger partial charge is 0.366 e. The maximum Gasteiger partial charge on any atom is 0.244 e. The summed E-state index contributed by atoms with van der Waals surface area (Å²) in [7, 11) is 0. The van der Waals surface area contributed by atoms with Crippen LogP contribution in [0.5, 0.6) is 0 Å². The SMILES string of the molecule is CC(=Cc1ccccc1C(=O)c1ccccc1)C(N)=O. The van der Waals surface area contributed by atoms with Gasteiger partial charge in [-0.05, 0) is 18.6 Å². The number of hydrogen-bond acceptors (Lipinski definition) is 2. The van der Waals surface area contributed by atoms with Gasteiger partial charge in [-0.1, -0.05) is 54.6 Å². The zero-order valence-corrected chi connectivity index (χ0v) is 11.2. The summed E-state index contributed by atoms with van der Waals surface area (Å²) < 4.78 is 0. The van der Waals surface area contributed by atoms with Crippen molar-refractivity contribution in [3.05, 3.63) is 76.9 Å². The normalized spacial score (nSPS) is 11.2. The van der Waals surface area contributed by atoms with Crippen LogP contribution in [-0.2, 0) is 4.79 Å². The van der Waals surface area contributed by atoms with Crippen molar-refractivity contribution in [2.75, 3.05) is 0 Å². The Bertz CT molecular complexity index is 672. The second-order valence-corrected chi connectivity index (χ2v) is 4.47. The number of primary amides is 1. The molecule has 0 aliphatic rings. The van der Waals surface area contributed by atoms with Gasteiger partial charge in [0.15, 0.2) is 5.78 Å². The molecule has 100 valence electrons. The predicted molar refractivity (Wildman–Crippen MR) is 79.2 cm³/mol. The van der Waals surface area contributed by atoms with Crippen LogP contribution in [0.15, 0.2) is 60.2 Å². The molecule has 0 saturated heterocycles. The summed E-state index contributed by atoms with van der Waals surface area (Å²) in [6, 6.07) is 16.2. The zero-order chi connectivity index (χ0) is 14.5. The summed E-state index contributed by atoms with van der Waals surface area (Å²) in [5.41, 5.74) is 7.51. The highest BCUT2D eigenvalue weighted by Gasteiger charge is 2.12. The Hall–Kier alpha value is -2.68. The average Bonchev–Trinajstić information content (AvgIpc) is 2.48. The Balaban J connectivity index is 2.46.